The lowest BCUT2D eigenvalue weighted by molar-refractivity contribution is -0.144. The van der Waals surface area contributed by atoms with E-state index in [0.29, 0.717) is 6.54 Å². The predicted octanol–water partition coefficient (Wildman–Crippen LogP) is 2.77. The molecule has 0 aliphatic carbocycles. The number of rotatable bonds is 4. The van der Waals surface area contributed by atoms with Gasteiger partial charge in [0.15, 0.2) is 0 Å². The molecule has 2 aromatic rings. The second-order valence-electron chi connectivity index (χ2n) is 5.48. The molecule has 0 saturated heterocycles. The molecule has 0 unspecified atom stereocenters. The molecule has 0 bridgehead atoms. The summed E-state index contributed by atoms with van der Waals surface area (Å²) in [5.41, 5.74) is 1.17. The van der Waals surface area contributed by atoms with E-state index in [0.717, 1.165) is 5.56 Å². The summed E-state index contributed by atoms with van der Waals surface area (Å²) in [5, 5.41) is 12.1. The highest BCUT2D eigenvalue weighted by atomic mass is 16.3. The van der Waals surface area contributed by atoms with Crippen LogP contribution in [0.15, 0.2) is 54.6 Å². The van der Waals surface area contributed by atoms with E-state index in [-0.39, 0.29) is 17.5 Å². The van der Waals surface area contributed by atoms with E-state index in [1.807, 2.05) is 44.2 Å². The average Bonchev–Trinajstić information content (AvgIpc) is 2.54. The number of phenolic OH excluding ortho intramolecular Hbond substituents is 1. The van der Waals surface area contributed by atoms with E-state index in [9.17, 15) is 14.7 Å². The number of nitrogens with one attached hydrogen (secondary N) is 1. The highest BCUT2D eigenvalue weighted by Gasteiger charge is 2.24. The largest absolute Gasteiger partial charge is 0.506 e. The molecule has 2 rings (SSSR count). The van der Waals surface area contributed by atoms with Gasteiger partial charge in [0, 0.05) is 12.6 Å². The van der Waals surface area contributed by atoms with Gasteiger partial charge in [0.05, 0.1) is 5.69 Å². The molecule has 2 amide bonds. The molecule has 0 radical (unpaired) electrons. The van der Waals surface area contributed by atoms with Crippen molar-refractivity contribution in [3.05, 3.63) is 60.2 Å². The van der Waals surface area contributed by atoms with Crippen LogP contribution >= 0.6 is 0 Å². The summed E-state index contributed by atoms with van der Waals surface area (Å²) in [7, 11) is 0. The third-order valence-corrected chi connectivity index (χ3v) is 3.43. The van der Waals surface area contributed by atoms with Crippen LogP contribution in [0.2, 0.25) is 0 Å². The fraction of sp³-hybridized carbons (Fsp3) is 0.222. The first-order valence-electron chi connectivity index (χ1n) is 7.43. The zero-order chi connectivity index (χ0) is 16.8. The average molecular weight is 312 g/mol. The van der Waals surface area contributed by atoms with Gasteiger partial charge in [-0.3, -0.25) is 9.59 Å². The van der Waals surface area contributed by atoms with E-state index in [1.54, 1.807) is 12.1 Å². The van der Waals surface area contributed by atoms with Gasteiger partial charge in [-0.1, -0.05) is 42.5 Å². The molecular formula is C18H20N2O3. The number of hydrogen-bond donors (Lipinski definition) is 2. The number of aromatic hydroxyl groups is 1. The summed E-state index contributed by atoms with van der Waals surface area (Å²) < 4.78 is 0. The standard InChI is InChI=1S/C18H20N2O3/c1-13(2)20(12-14-8-4-3-5-9-14)18(23)17(22)19-15-10-6-7-11-16(15)21/h3-11,13,21H,12H2,1-2H3,(H,19,22). The summed E-state index contributed by atoms with van der Waals surface area (Å²) in [6.45, 7) is 4.06. The van der Waals surface area contributed by atoms with Gasteiger partial charge in [-0.25, -0.2) is 0 Å². The van der Waals surface area contributed by atoms with Crippen molar-refractivity contribution in [1.82, 2.24) is 4.90 Å². The van der Waals surface area contributed by atoms with E-state index >= 15 is 0 Å². The van der Waals surface area contributed by atoms with Crippen molar-refractivity contribution < 1.29 is 14.7 Å². The lowest BCUT2D eigenvalue weighted by Gasteiger charge is -2.26. The first-order chi connectivity index (χ1) is 11.0. The van der Waals surface area contributed by atoms with Gasteiger partial charge >= 0.3 is 11.8 Å². The van der Waals surface area contributed by atoms with Gasteiger partial charge in [0.1, 0.15) is 5.75 Å². The third-order valence-electron chi connectivity index (χ3n) is 3.43. The number of hydrogen-bond acceptors (Lipinski definition) is 3. The van der Waals surface area contributed by atoms with Crippen LogP contribution in [0, 0.1) is 0 Å². The van der Waals surface area contributed by atoms with Gasteiger partial charge in [0.2, 0.25) is 0 Å². The minimum absolute atomic E-state index is 0.0761. The van der Waals surface area contributed by atoms with Crippen LogP contribution in [-0.2, 0) is 16.1 Å². The van der Waals surface area contributed by atoms with E-state index < -0.39 is 11.8 Å². The second kappa shape index (κ2) is 7.45. The number of benzene rings is 2. The minimum atomic E-state index is -0.767. The maximum atomic E-state index is 12.4. The summed E-state index contributed by atoms with van der Waals surface area (Å²) in [4.78, 5) is 26.1. The van der Waals surface area contributed by atoms with Crippen LogP contribution in [0.5, 0.6) is 5.75 Å². The van der Waals surface area contributed by atoms with Crippen molar-refractivity contribution in [2.75, 3.05) is 5.32 Å². The Balaban J connectivity index is 2.11. The maximum absolute atomic E-state index is 12.4. The predicted molar refractivity (Wildman–Crippen MR) is 88.9 cm³/mol. The number of phenols is 1. The number of carbonyl (C=O) groups is 2. The van der Waals surface area contributed by atoms with Crippen molar-refractivity contribution in [2.45, 2.75) is 26.4 Å². The van der Waals surface area contributed by atoms with Crippen molar-refractivity contribution in [2.24, 2.45) is 0 Å². The zero-order valence-electron chi connectivity index (χ0n) is 13.2. The highest BCUT2D eigenvalue weighted by Crippen LogP contribution is 2.21. The van der Waals surface area contributed by atoms with E-state index in [2.05, 4.69) is 5.32 Å². The topological polar surface area (TPSA) is 69.6 Å². The van der Waals surface area contributed by atoms with Crippen LogP contribution in [0.3, 0.4) is 0 Å². The Hall–Kier alpha value is -2.82. The number of amides is 2. The van der Waals surface area contributed by atoms with Crippen LogP contribution < -0.4 is 5.32 Å². The van der Waals surface area contributed by atoms with Crippen LogP contribution in [0.1, 0.15) is 19.4 Å². The molecule has 0 saturated carbocycles. The lowest BCUT2D eigenvalue weighted by atomic mass is 10.2. The summed E-state index contributed by atoms with van der Waals surface area (Å²) in [6, 6.07) is 15.7. The molecule has 2 N–H and O–H groups in total. The molecule has 0 aliphatic heterocycles. The van der Waals surface area contributed by atoms with Gasteiger partial charge in [-0.05, 0) is 31.5 Å². The fourth-order valence-corrected chi connectivity index (χ4v) is 2.15. The first-order valence-corrected chi connectivity index (χ1v) is 7.43. The Bertz CT molecular complexity index is 684. The fourth-order valence-electron chi connectivity index (χ4n) is 2.15. The van der Waals surface area contributed by atoms with Gasteiger partial charge in [0.25, 0.3) is 0 Å². The molecule has 0 atom stereocenters. The number of anilines is 1. The zero-order valence-corrected chi connectivity index (χ0v) is 13.2. The van der Waals surface area contributed by atoms with Gasteiger partial charge < -0.3 is 15.3 Å². The molecular weight excluding hydrogens is 292 g/mol. The lowest BCUT2D eigenvalue weighted by Crippen LogP contribution is -2.43. The molecule has 0 aliphatic rings. The first kappa shape index (κ1) is 16.5. The van der Waals surface area contributed by atoms with Gasteiger partial charge in [-0.15, -0.1) is 0 Å². The number of carbonyl (C=O) groups excluding carboxylic acids is 2. The molecule has 120 valence electrons. The van der Waals surface area contributed by atoms with E-state index in [4.69, 9.17) is 0 Å². The molecule has 0 aromatic heterocycles. The van der Waals surface area contributed by atoms with Crippen molar-refractivity contribution in [3.8, 4) is 5.75 Å². The molecule has 0 spiro atoms. The van der Waals surface area contributed by atoms with Crippen molar-refractivity contribution in [3.63, 3.8) is 0 Å². The second-order valence-corrected chi connectivity index (χ2v) is 5.48. The molecule has 2 aromatic carbocycles. The molecule has 0 heterocycles. The maximum Gasteiger partial charge on any atom is 0.314 e. The minimum Gasteiger partial charge on any atom is -0.506 e. The van der Waals surface area contributed by atoms with Crippen molar-refractivity contribution >= 4 is 17.5 Å². The van der Waals surface area contributed by atoms with Crippen LogP contribution in [0.4, 0.5) is 5.69 Å². The molecule has 0 fully saturated rings. The molecule has 5 nitrogen and oxygen atoms in total. The SMILES string of the molecule is CC(C)N(Cc1ccccc1)C(=O)C(=O)Nc1ccccc1O. The Morgan fingerprint density at radius 3 is 2.26 bits per heavy atom. The number of nitrogens with zero attached hydrogens (tertiary/aromatic N) is 1. The quantitative estimate of drug-likeness (QED) is 0.674. The molecule has 23 heavy (non-hydrogen) atoms. The normalized spacial score (nSPS) is 10.4. The Kier molecular flexibility index (Phi) is 5.36. The molecule has 5 heteroatoms. The summed E-state index contributed by atoms with van der Waals surface area (Å²) in [5.74, 6) is -1.48. The van der Waals surface area contributed by atoms with E-state index in [1.165, 1.54) is 17.0 Å². The Labute approximate surface area is 135 Å². The number of para-hydroxylation sites is 2. The van der Waals surface area contributed by atoms with Crippen molar-refractivity contribution in [1.29, 1.82) is 0 Å². The summed E-state index contributed by atoms with van der Waals surface area (Å²) >= 11 is 0. The Morgan fingerprint density at radius 2 is 1.65 bits per heavy atom. The van der Waals surface area contributed by atoms with Gasteiger partial charge in [-0.2, -0.15) is 0 Å². The Morgan fingerprint density at radius 1 is 1.04 bits per heavy atom. The smallest absolute Gasteiger partial charge is 0.314 e. The van der Waals surface area contributed by atoms with Crippen LogP contribution in [0.25, 0.3) is 0 Å². The third kappa shape index (κ3) is 4.32. The van der Waals surface area contributed by atoms with Crippen LogP contribution in [-0.4, -0.2) is 27.9 Å². The highest BCUT2D eigenvalue weighted by molar-refractivity contribution is 6.39. The summed E-state index contributed by atoms with van der Waals surface area (Å²) in [6.07, 6.45) is 0. The monoisotopic (exact) mass is 312 g/mol.